The van der Waals surface area contributed by atoms with Crippen LogP contribution < -0.4 is 10.9 Å². The van der Waals surface area contributed by atoms with Crippen molar-refractivity contribution in [1.29, 1.82) is 0 Å². The van der Waals surface area contributed by atoms with Crippen LogP contribution >= 0.6 is 0 Å². The summed E-state index contributed by atoms with van der Waals surface area (Å²) in [6.07, 6.45) is 2.96. The van der Waals surface area contributed by atoms with Crippen LogP contribution in [0, 0.1) is 5.82 Å². The highest BCUT2D eigenvalue weighted by molar-refractivity contribution is 5.98. The Morgan fingerprint density at radius 3 is 2.40 bits per heavy atom. The first-order valence-corrected chi connectivity index (χ1v) is 7.55. The maximum Gasteiger partial charge on any atom is 0.272 e. The van der Waals surface area contributed by atoms with Gasteiger partial charge in [0, 0.05) is 6.20 Å². The molecule has 2 amide bonds. The second kappa shape index (κ2) is 7.39. The molecule has 2 N–H and O–H groups in total. The molecule has 2 aromatic carbocycles. The number of benzene rings is 2. The molecule has 0 unspecified atom stereocenters. The lowest BCUT2D eigenvalue weighted by atomic mass is 10.2. The smallest absolute Gasteiger partial charge is 0.268 e. The van der Waals surface area contributed by atoms with Crippen LogP contribution in [-0.2, 0) is 6.54 Å². The highest BCUT2D eigenvalue weighted by Crippen LogP contribution is 2.06. The van der Waals surface area contributed by atoms with Gasteiger partial charge in [0.05, 0.1) is 23.9 Å². The normalized spacial score (nSPS) is 10.3. The average molecular weight is 338 g/mol. The fourth-order valence-corrected chi connectivity index (χ4v) is 2.24. The van der Waals surface area contributed by atoms with E-state index in [1.165, 1.54) is 30.5 Å². The van der Waals surface area contributed by atoms with E-state index in [-0.39, 0.29) is 11.1 Å². The number of hydrazine groups is 1. The number of hydrogen-bond donors (Lipinski definition) is 2. The Hall–Kier alpha value is -3.48. The second-order valence-electron chi connectivity index (χ2n) is 5.30. The van der Waals surface area contributed by atoms with Gasteiger partial charge in [0.25, 0.3) is 11.8 Å². The number of halogens is 1. The molecule has 25 heavy (non-hydrogen) atoms. The Labute approximate surface area is 143 Å². The molecule has 1 aromatic heterocycles. The minimum absolute atomic E-state index is 0.150. The number of aromatic nitrogens is 2. The summed E-state index contributed by atoms with van der Waals surface area (Å²) in [5.41, 5.74) is 5.60. The molecule has 0 aliphatic carbocycles. The van der Waals surface area contributed by atoms with Crippen LogP contribution in [0.3, 0.4) is 0 Å². The van der Waals surface area contributed by atoms with Gasteiger partial charge >= 0.3 is 0 Å². The largest absolute Gasteiger partial charge is 0.272 e. The summed E-state index contributed by atoms with van der Waals surface area (Å²) in [6, 6.07) is 15.2. The first-order valence-electron chi connectivity index (χ1n) is 7.55. The summed E-state index contributed by atoms with van der Waals surface area (Å²) in [5, 5.41) is 4.12. The van der Waals surface area contributed by atoms with Crippen LogP contribution in [0.2, 0.25) is 0 Å². The molecule has 0 radical (unpaired) electrons. The van der Waals surface area contributed by atoms with Crippen molar-refractivity contribution in [3.63, 3.8) is 0 Å². The third-order valence-electron chi connectivity index (χ3n) is 3.49. The molecule has 7 heteroatoms. The van der Waals surface area contributed by atoms with Crippen LogP contribution in [0.25, 0.3) is 0 Å². The zero-order valence-electron chi connectivity index (χ0n) is 13.1. The summed E-state index contributed by atoms with van der Waals surface area (Å²) in [4.78, 5) is 23.9. The van der Waals surface area contributed by atoms with Gasteiger partial charge in [-0.2, -0.15) is 5.10 Å². The topological polar surface area (TPSA) is 76.0 Å². The van der Waals surface area contributed by atoms with Crippen molar-refractivity contribution >= 4 is 11.8 Å². The molecule has 0 aliphatic heterocycles. The van der Waals surface area contributed by atoms with Crippen molar-refractivity contribution in [2.24, 2.45) is 0 Å². The molecule has 0 aliphatic rings. The zero-order chi connectivity index (χ0) is 17.6. The Bertz CT molecular complexity index is 893. The predicted molar refractivity (Wildman–Crippen MR) is 89.1 cm³/mol. The number of rotatable bonds is 4. The van der Waals surface area contributed by atoms with Crippen LogP contribution in [0.1, 0.15) is 26.3 Å². The van der Waals surface area contributed by atoms with Gasteiger partial charge in [0.1, 0.15) is 5.82 Å². The number of carbonyl (C=O) groups excluding carboxylic acids is 2. The molecule has 0 saturated carbocycles. The van der Waals surface area contributed by atoms with Crippen molar-refractivity contribution in [2.75, 3.05) is 0 Å². The van der Waals surface area contributed by atoms with Crippen LogP contribution in [0.15, 0.2) is 67.0 Å². The van der Waals surface area contributed by atoms with Gasteiger partial charge in [-0.05, 0) is 17.7 Å². The molecule has 0 spiro atoms. The minimum atomic E-state index is -0.733. The van der Waals surface area contributed by atoms with E-state index >= 15 is 0 Å². The lowest BCUT2D eigenvalue weighted by Crippen LogP contribution is -2.41. The van der Waals surface area contributed by atoms with E-state index in [1.54, 1.807) is 10.9 Å². The summed E-state index contributed by atoms with van der Waals surface area (Å²) in [6.45, 7) is 0.524. The lowest BCUT2D eigenvalue weighted by molar-refractivity contribution is 0.0844. The van der Waals surface area contributed by atoms with Gasteiger partial charge < -0.3 is 0 Å². The van der Waals surface area contributed by atoms with Gasteiger partial charge in [-0.1, -0.05) is 42.5 Å². The Morgan fingerprint density at radius 2 is 1.64 bits per heavy atom. The van der Waals surface area contributed by atoms with Gasteiger partial charge in [-0.3, -0.25) is 25.1 Å². The quantitative estimate of drug-likeness (QED) is 0.716. The van der Waals surface area contributed by atoms with Crippen molar-refractivity contribution in [3.8, 4) is 0 Å². The minimum Gasteiger partial charge on any atom is -0.268 e. The van der Waals surface area contributed by atoms with Crippen LogP contribution in [0.4, 0.5) is 4.39 Å². The monoisotopic (exact) mass is 338 g/mol. The van der Waals surface area contributed by atoms with Crippen LogP contribution in [0.5, 0.6) is 0 Å². The summed E-state index contributed by atoms with van der Waals surface area (Å²) < 4.78 is 15.1. The van der Waals surface area contributed by atoms with Gasteiger partial charge in [0.2, 0.25) is 0 Å². The molecule has 126 valence electrons. The Kier molecular flexibility index (Phi) is 4.84. The third-order valence-corrected chi connectivity index (χ3v) is 3.49. The molecule has 0 fully saturated rings. The summed E-state index contributed by atoms with van der Waals surface area (Å²) >= 11 is 0. The van der Waals surface area contributed by atoms with Crippen molar-refractivity contribution in [1.82, 2.24) is 20.6 Å². The number of amides is 2. The van der Waals surface area contributed by atoms with E-state index in [0.29, 0.717) is 6.54 Å². The molecular formula is C18H15FN4O2. The third kappa shape index (κ3) is 4.08. The fourth-order valence-electron chi connectivity index (χ4n) is 2.24. The molecule has 1 heterocycles. The summed E-state index contributed by atoms with van der Waals surface area (Å²) in [7, 11) is 0. The SMILES string of the molecule is O=C(NNC(=O)c1ccccc1F)c1cnn(Cc2ccccc2)c1. The lowest BCUT2D eigenvalue weighted by Gasteiger charge is -2.06. The maximum absolute atomic E-state index is 13.5. The first-order chi connectivity index (χ1) is 12.1. The van der Waals surface area contributed by atoms with Crippen molar-refractivity contribution in [2.45, 2.75) is 6.54 Å². The standard InChI is InChI=1S/C18H15FN4O2/c19-16-9-5-4-8-15(16)18(25)22-21-17(24)14-10-20-23(12-14)11-13-6-2-1-3-7-13/h1-10,12H,11H2,(H,21,24)(H,22,25). The highest BCUT2D eigenvalue weighted by atomic mass is 19.1. The highest BCUT2D eigenvalue weighted by Gasteiger charge is 2.13. The molecule has 0 saturated heterocycles. The Balaban J connectivity index is 1.59. The molecule has 3 aromatic rings. The predicted octanol–water partition coefficient (Wildman–Crippen LogP) is 2.15. The maximum atomic E-state index is 13.5. The van der Waals surface area contributed by atoms with E-state index in [2.05, 4.69) is 16.0 Å². The van der Waals surface area contributed by atoms with Gasteiger partial charge in [-0.25, -0.2) is 4.39 Å². The van der Waals surface area contributed by atoms with Crippen LogP contribution in [-0.4, -0.2) is 21.6 Å². The van der Waals surface area contributed by atoms with Crippen molar-refractivity contribution < 1.29 is 14.0 Å². The number of nitrogens with zero attached hydrogens (tertiary/aromatic N) is 2. The number of carbonyl (C=O) groups is 2. The molecular weight excluding hydrogens is 323 g/mol. The van der Waals surface area contributed by atoms with Gasteiger partial charge in [-0.15, -0.1) is 0 Å². The second-order valence-corrected chi connectivity index (χ2v) is 5.30. The van der Waals surface area contributed by atoms with Crippen molar-refractivity contribution in [3.05, 3.63) is 89.5 Å². The fraction of sp³-hybridized carbons (Fsp3) is 0.0556. The van der Waals surface area contributed by atoms with E-state index in [4.69, 9.17) is 0 Å². The first kappa shape index (κ1) is 16.4. The zero-order valence-corrected chi connectivity index (χ0v) is 13.1. The van der Waals surface area contributed by atoms with E-state index < -0.39 is 17.6 Å². The molecule has 6 nitrogen and oxygen atoms in total. The molecule has 0 atom stereocenters. The van der Waals surface area contributed by atoms with Gasteiger partial charge in [0.15, 0.2) is 0 Å². The Morgan fingerprint density at radius 1 is 0.960 bits per heavy atom. The molecule has 3 rings (SSSR count). The summed E-state index contributed by atoms with van der Waals surface area (Å²) in [5.74, 6) is -1.93. The van der Waals surface area contributed by atoms with E-state index in [0.717, 1.165) is 5.56 Å². The average Bonchev–Trinajstić information content (AvgIpc) is 3.09. The number of hydrogen-bond acceptors (Lipinski definition) is 3. The van der Waals surface area contributed by atoms with E-state index in [9.17, 15) is 14.0 Å². The number of nitrogens with one attached hydrogen (secondary N) is 2. The molecule has 0 bridgehead atoms. The van der Waals surface area contributed by atoms with E-state index in [1.807, 2.05) is 30.3 Å².